The molecule has 0 spiro atoms. The average molecular weight is 240 g/mol. The van der Waals surface area contributed by atoms with Crippen molar-refractivity contribution in [1.82, 2.24) is 14.9 Å². The SMILES string of the molecule is CCc1nnc2n1N=C(C)C(C(=O)OC)S2. The fraction of sp³-hybridized carbons (Fsp3) is 0.556. The molecule has 1 unspecified atom stereocenters. The number of carbonyl (C=O) groups excluding carboxylic acids is 1. The first-order valence-corrected chi connectivity index (χ1v) is 5.79. The molecule has 16 heavy (non-hydrogen) atoms. The van der Waals surface area contributed by atoms with Crippen molar-refractivity contribution in [2.24, 2.45) is 5.10 Å². The highest BCUT2D eigenvalue weighted by Crippen LogP contribution is 2.28. The van der Waals surface area contributed by atoms with E-state index in [4.69, 9.17) is 4.74 Å². The molecule has 2 rings (SSSR count). The zero-order valence-electron chi connectivity index (χ0n) is 9.30. The van der Waals surface area contributed by atoms with Gasteiger partial charge in [-0.15, -0.1) is 10.2 Å². The van der Waals surface area contributed by atoms with E-state index in [0.717, 1.165) is 12.2 Å². The van der Waals surface area contributed by atoms with E-state index in [2.05, 4.69) is 15.3 Å². The minimum Gasteiger partial charge on any atom is -0.468 e. The number of hydrogen-bond acceptors (Lipinski definition) is 6. The van der Waals surface area contributed by atoms with Gasteiger partial charge in [0.15, 0.2) is 5.82 Å². The van der Waals surface area contributed by atoms with Gasteiger partial charge in [0, 0.05) is 6.42 Å². The van der Waals surface area contributed by atoms with Crippen molar-refractivity contribution in [1.29, 1.82) is 0 Å². The number of aromatic nitrogens is 3. The molecule has 1 aromatic rings. The van der Waals surface area contributed by atoms with E-state index in [9.17, 15) is 4.79 Å². The molecule has 6 nitrogen and oxygen atoms in total. The van der Waals surface area contributed by atoms with Crippen LogP contribution in [0.3, 0.4) is 0 Å². The summed E-state index contributed by atoms with van der Waals surface area (Å²) >= 11 is 1.32. The summed E-state index contributed by atoms with van der Waals surface area (Å²) in [6.07, 6.45) is 0.757. The van der Waals surface area contributed by atoms with Crippen LogP contribution in [0.25, 0.3) is 0 Å². The van der Waals surface area contributed by atoms with Crippen LogP contribution in [0.15, 0.2) is 10.3 Å². The average Bonchev–Trinajstić information content (AvgIpc) is 2.69. The standard InChI is InChI=1S/C9H12N4O2S/c1-4-6-10-11-9-13(6)12-5(2)7(16-9)8(14)15-3/h7H,4H2,1-3H3. The lowest BCUT2D eigenvalue weighted by Gasteiger charge is -2.18. The molecule has 0 saturated carbocycles. The summed E-state index contributed by atoms with van der Waals surface area (Å²) in [5.74, 6) is 0.490. The number of thioether (sulfide) groups is 1. The highest BCUT2D eigenvalue weighted by atomic mass is 32.2. The molecule has 1 aromatic heterocycles. The highest BCUT2D eigenvalue weighted by Gasteiger charge is 2.31. The third kappa shape index (κ3) is 1.71. The Morgan fingerprint density at radius 2 is 2.31 bits per heavy atom. The van der Waals surface area contributed by atoms with Crippen LogP contribution in [0.2, 0.25) is 0 Å². The summed E-state index contributed by atoms with van der Waals surface area (Å²) in [4.78, 5) is 11.5. The lowest BCUT2D eigenvalue weighted by atomic mass is 10.3. The van der Waals surface area contributed by atoms with Gasteiger partial charge in [-0.25, -0.2) is 0 Å². The van der Waals surface area contributed by atoms with Gasteiger partial charge in [0.1, 0.15) is 5.25 Å². The Kier molecular flexibility index (Phi) is 2.95. The first kappa shape index (κ1) is 11.1. The molecular formula is C9H12N4O2S. The predicted octanol–water partition coefficient (Wildman–Crippen LogP) is 0.712. The van der Waals surface area contributed by atoms with Crippen molar-refractivity contribution in [2.75, 3.05) is 7.11 Å². The molecule has 0 aromatic carbocycles. The second kappa shape index (κ2) is 4.25. The van der Waals surface area contributed by atoms with E-state index in [0.29, 0.717) is 10.9 Å². The van der Waals surface area contributed by atoms with Crippen molar-refractivity contribution in [3.8, 4) is 0 Å². The van der Waals surface area contributed by atoms with Crippen LogP contribution < -0.4 is 0 Å². The third-order valence-corrected chi connectivity index (χ3v) is 3.50. The molecule has 86 valence electrons. The van der Waals surface area contributed by atoms with E-state index in [-0.39, 0.29) is 5.97 Å². The Bertz CT molecular complexity index is 454. The van der Waals surface area contributed by atoms with Gasteiger partial charge < -0.3 is 4.74 Å². The minimum atomic E-state index is -0.411. The molecule has 0 N–H and O–H groups in total. The Morgan fingerprint density at radius 3 is 2.94 bits per heavy atom. The lowest BCUT2D eigenvalue weighted by molar-refractivity contribution is -0.138. The normalized spacial score (nSPS) is 18.9. The van der Waals surface area contributed by atoms with Crippen molar-refractivity contribution in [3.05, 3.63) is 5.82 Å². The monoisotopic (exact) mass is 240 g/mol. The van der Waals surface area contributed by atoms with E-state index >= 15 is 0 Å². The highest BCUT2D eigenvalue weighted by molar-refractivity contribution is 8.01. The summed E-state index contributed by atoms with van der Waals surface area (Å²) in [7, 11) is 1.37. The van der Waals surface area contributed by atoms with E-state index in [1.54, 1.807) is 11.6 Å². The van der Waals surface area contributed by atoms with Crippen LogP contribution in [0.1, 0.15) is 19.7 Å². The minimum absolute atomic E-state index is 0.307. The summed E-state index contributed by atoms with van der Waals surface area (Å²) in [6, 6.07) is 0. The Labute approximate surface area is 97.1 Å². The number of esters is 1. The van der Waals surface area contributed by atoms with Crippen molar-refractivity contribution < 1.29 is 9.53 Å². The van der Waals surface area contributed by atoms with E-state index in [1.165, 1.54) is 18.9 Å². The van der Waals surface area contributed by atoms with Crippen molar-refractivity contribution in [2.45, 2.75) is 30.7 Å². The van der Waals surface area contributed by atoms with Gasteiger partial charge in [0.05, 0.1) is 12.8 Å². The largest absolute Gasteiger partial charge is 0.468 e. The van der Waals surface area contributed by atoms with E-state index in [1.807, 2.05) is 6.92 Å². The lowest BCUT2D eigenvalue weighted by Crippen LogP contribution is -2.30. The van der Waals surface area contributed by atoms with E-state index < -0.39 is 5.25 Å². The van der Waals surface area contributed by atoms with Crippen LogP contribution in [0.4, 0.5) is 0 Å². The van der Waals surface area contributed by atoms with Crippen LogP contribution in [0.5, 0.6) is 0 Å². The number of rotatable bonds is 2. The molecule has 1 atom stereocenters. The Hall–Kier alpha value is -1.37. The van der Waals surface area contributed by atoms with Gasteiger partial charge in [-0.1, -0.05) is 18.7 Å². The molecule has 2 heterocycles. The van der Waals surface area contributed by atoms with Crippen LogP contribution in [0, 0.1) is 0 Å². The zero-order chi connectivity index (χ0) is 11.7. The van der Waals surface area contributed by atoms with Crippen LogP contribution >= 0.6 is 11.8 Å². The number of carbonyl (C=O) groups is 1. The number of ether oxygens (including phenoxy) is 1. The number of fused-ring (bicyclic) bond motifs is 1. The molecule has 0 bridgehead atoms. The fourth-order valence-electron chi connectivity index (χ4n) is 1.42. The maximum Gasteiger partial charge on any atom is 0.325 e. The maximum absolute atomic E-state index is 11.5. The first-order valence-electron chi connectivity index (χ1n) is 4.91. The summed E-state index contributed by atoms with van der Waals surface area (Å²) < 4.78 is 6.39. The summed E-state index contributed by atoms with van der Waals surface area (Å²) in [5, 5.41) is 12.5. The van der Waals surface area contributed by atoms with Crippen molar-refractivity contribution in [3.63, 3.8) is 0 Å². The Morgan fingerprint density at radius 1 is 1.56 bits per heavy atom. The molecule has 0 radical (unpaired) electrons. The number of methoxy groups -OCH3 is 1. The quantitative estimate of drug-likeness (QED) is 0.712. The number of hydrogen-bond donors (Lipinski definition) is 0. The molecule has 1 aliphatic heterocycles. The molecule has 0 saturated heterocycles. The van der Waals surface area contributed by atoms with Gasteiger partial charge in [0.2, 0.25) is 5.16 Å². The second-order valence-corrected chi connectivity index (χ2v) is 4.40. The predicted molar refractivity (Wildman–Crippen MR) is 59.6 cm³/mol. The van der Waals surface area contributed by atoms with Crippen molar-refractivity contribution >= 4 is 23.4 Å². The fourth-order valence-corrected chi connectivity index (χ4v) is 2.37. The summed E-state index contributed by atoms with van der Waals surface area (Å²) in [6.45, 7) is 3.79. The first-order chi connectivity index (χ1) is 7.67. The van der Waals surface area contributed by atoms with Gasteiger partial charge in [-0.05, 0) is 6.92 Å². The molecule has 7 heteroatoms. The van der Waals surface area contributed by atoms with Gasteiger partial charge >= 0.3 is 5.97 Å². The Balaban J connectivity index is 2.36. The third-order valence-electron chi connectivity index (χ3n) is 2.27. The molecular weight excluding hydrogens is 228 g/mol. The van der Waals surface area contributed by atoms with Gasteiger partial charge in [0.25, 0.3) is 0 Å². The molecule has 0 amide bonds. The topological polar surface area (TPSA) is 69.4 Å². The maximum atomic E-state index is 11.5. The molecule has 0 fully saturated rings. The number of aryl methyl sites for hydroxylation is 1. The van der Waals surface area contributed by atoms with Gasteiger partial charge in [-0.3, -0.25) is 4.79 Å². The molecule has 1 aliphatic rings. The zero-order valence-corrected chi connectivity index (χ0v) is 10.1. The van der Waals surface area contributed by atoms with Crippen LogP contribution in [-0.2, 0) is 16.0 Å². The second-order valence-electron chi connectivity index (χ2n) is 3.33. The molecule has 0 aliphatic carbocycles. The van der Waals surface area contributed by atoms with Crippen LogP contribution in [-0.4, -0.2) is 38.9 Å². The summed E-state index contributed by atoms with van der Waals surface area (Å²) in [5.41, 5.74) is 0.707. The smallest absolute Gasteiger partial charge is 0.325 e. The van der Waals surface area contributed by atoms with Gasteiger partial charge in [-0.2, -0.15) is 9.78 Å². The number of nitrogens with zero attached hydrogens (tertiary/aromatic N) is 4.